The maximum absolute atomic E-state index is 14.2. The average Bonchev–Trinajstić information content (AvgIpc) is 2.87. The molecule has 0 saturated heterocycles. The van der Waals surface area contributed by atoms with E-state index in [1.165, 1.54) is 0 Å². The molecule has 216 valence electrons. The number of carbonyl (C=O) groups excluding carboxylic acids is 2. The van der Waals surface area contributed by atoms with E-state index in [4.69, 9.17) is 5.73 Å². The van der Waals surface area contributed by atoms with Crippen molar-refractivity contribution in [1.82, 2.24) is 10.2 Å². The van der Waals surface area contributed by atoms with Gasteiger partial charge in [-0.15, -0.1) is 4.91 Å². The first-order valence-electron chi connectivity index (χ1n) is 13.5. The van der Waals surface area contributed by atoms with Crippen molar-refractivity contribution >= 4 is 17.4 Å². The number of aromatic hydroxyl groups is 1. The Labute approximate surface area is 234 Å². The molecular weight excluding hydrogens is 514 g/mol. The van der Waals surface area contributed by atoms with Crippen molar-refractivity contribution < 1.29 is 24.9 Å². The summed E-state index contributed by atoms with van der Waals surface area (Å²) in [5, 5.41) is 41.0. The van der Waals surface area contributed by atoms with Gasteiger partial charge in [0, 0.05) is 43.4 Å². The number of aliphatic hydroxyl groups is 2. The van der Waals surface area contributed by atoms with E-state index in [1.807, 2.05) is 25.1 Å². The molecule has 3 aliphatic rings. The van der Waals surface area contributed by atoms with E-state index in [1.54, 1.807) is 19.0 Å². The highest BCUT2D eigenvalue weighted by Gasteiger charge is 2.60. The molecular formula is C29H39N5O6. The van der Waals surface area contributed by atoms with Crippen LogP contribution in [0.5, 0.6) is 5.75 Å². The van der Waals surface area contributed by atoms with Gasteiger partial charge in [0.2, 0.25) is 0 Å². The van der Waals surface area contributed by atoms with Crippen LogP contribution < -0.4 is 16.0 Å². The molecule has 3 aliphatic carbocycles. The standard InChI is InChI=1S/C29H39N5O6/c1-7-8-9-31-13-16-12-19(33(3)4)17-10-15-11-18-23(34(5)6)26(37)20(28(30)38)14(2)29(18,39)27(32-40)21(15)25(36)22(17)24(16)35/h12,15,18,23,31,35,37,39H,2,7-11,13H2,1,3-6H3,(H2,30,38)/t15-,18-,23+,29-/m0/s1. The second kappa shape index (κ2) is 10.8. The Morgan fingerprint density at radius 2 is 1.95 bits per heavy atom. The van der Waals surface area contributed by atoms with Gasteiger partial charge in [-0.3, -0.25) is 14.5 Å². The summed E-state index contributed by atoms with van der Waals surface area (Å²) in [6.45, 7) is 7.01. The third kappa shape index (κ3) is 4.32. The largest absolute Gasteiger partial charge is 0.510 e. The Balaban J connectivity index is 1.94. The Hall–Kier alpha value is -3.54. The topological polar surface area (TPSA) is 169 Å². The summed E-state index contributed by atoms with van der Waals surface area (Å²) < 4.78 is 0. The lowest BCUT2D eigenvalue weighted by Crippen LogP contribution is -2.59. The number of phenolic OH excluding ortho intramolecular Hbond substituents is 1. The molecule has 6 N–H and O–H groups in total. The van der Waals surface area contributed by atoms with Gasteiger partial charge in [-0.2, -0.15) is 0 Å². The molecule has 0 unspecified atom stereocenters. The third-order valence-corrected chi connectivity index (χ3v) is 8.56. The first kappa shape index (κ1) is 29.4. The summed E-state index contributed by atoms with van der Waals surface area (Å²) in [5.41, 5.74) is 4.23. The summed E-state index contributed by atoms with van der Waals surface area (Å²) in [5.74, 6) is -3.54. The number of nitrogens with one attached hydrogen (secondary N) is 1. The van der Waals surface area contributed by atoms with Gasteiger partial charge >= 0.3 is 0 Å². The van der Waals surface area contributed by atoms with E-state index in [0.29, 0.717) is 24.1 Å². The maximum Gasteiger partial charge on any atom is 0.252 e. The summed E-state index contributed by atoms with van der Waals surface area (Å²) in [6.07, 6.45) is 2.45. The fraction of sp³-hybridized carbons (Fsp3) is 0.517. The van der Waals surface area contributed by atoms with Gasteiger partial charge in [-0.25, -0.2) is 0 Å². The van der Waals surface area contributed by atoms with Gasteiger partial charge in [-0.1, -0.05) is 19.9 Å². The number of hydrogen-bond acceptors (Lipinski definition) is 10. The van der Waals surface area contributed by atoms with E-state index in [2.05, 4.69) is 24.0 Å². The second-order valence-corrected chi connectivity index (χ2v) is 11.4. The van der Waals surface area contributed by atoms with Gasteiger partial charge < -0.3 is 31.3 Å². The normalized spacial score (nSPS) is 26.0. The molecule has 0 bridgehead atoms. The Morgan fingerprint density at radius 1 is 1.27 bits per heavy atom. The molecule has 4 rings (SSSR count). The van der Waals surface area contributed by atoms with Crippen molar-refractivity contribution in [2.75, 3.05) is 39.6 Å². The first-order valence-corrected chi connectivity index (χ1v) is 13.5. The van der Waals surface area contributed by atoms with Crippen molar-refractivity contribution in [1.29, 1.82) is 0 Å². The highest BCUT2D eigenvalue weighted by atomic mass is 16.3. The number of carbonyl (C=O) groups is 2. The number of amides is 1. The SMILES string of the molecule is C=C1C(C(N)=O)=C(O)[C@H](N(C)C)[C@@H]2C[C@@H]3Cc4c(N(C)C)cc(CNCCCC)c(O)c4C(=O)C3=C(N=O)[C@]12O. The molecule has 0 aromatic heterocycles. The van der Waals surface area contributed by atoms with Gasteiger partial charge in [0.15, 0.2) is 5.78 Å². The lowest BCUT2D eigenvalue weighted by Gasteiger charge is -2.52. The lowest BCUT2D eigenvalue weighted by molar-refractivity contribution is -0.115. The quantitative estimate of drug-likeness (QED) is 0.227. The highest BCUT2D eigenvalue weighted by molar-refractivity contribution is 6.15. The molecule has 0 fully saturated rings. The van der Waals surface area contributed by atoms with Crippen LogP contribution in [-0.4, -0.2) is 78.3 Å². The number of aliphatic hydroxyl groups excluding tert-OH is 1. The van der Waals surface area contributed by atoms with Crippen LogP contribution >= 0.6 is 0 Å². The van der Waals surface area contributed by atoms with Crippen LogP contribution in [-0.2, 0) is 17.8 Å². The minimum absolute atomic E-state index is 0.0128. The summed E-state index contributed by atoms with van der Waals surface area (Å²) in [7, 11) is 7.05. The van der Waals surface area contributed by atoms with Crippen molar-refractivity contribution in [2.45, 2.75) is 50.8 Å². The number of benzene rings is 1. The number of likely N-dealkylation sites (N-methyl/N-ethyl adjacent to an activating group) is 1. The van der Waals surface area contributed by atoms with E-state index < -0.39 is 40.9 Å². The maximum atomic E-state index is 14.2. The molecule has 1 aromatic carbocycles. The van der Waals surface area contributed by atoms with E-state index in [9.17, 15) is 29.8 Å². The van der Waals surface area contributed by atoms with Crippen LogP contribution in [0.3, 0.4) is 0 Å². The molecule has 0 aliphatic heterocycles. The fourth-order valence-corrected chi connectivity index (χ4v) is 6.70. The van der Waals surface area contributed by atoms with Crippen molar-refractivity contribution in [3.63, 3.8) is 0 Å². The van der Waals surface area contributed by atoms with Crippen LogP contribution in [0.15, 0.2) is 46.0 Å². The highest BCUT2D eigenvalue weighted by Crippen LogP contribution is 2.56. The number of nitrogens with zero attached hydrogens (tertiary/aromatic N) is 3. The molecule has 1 amide bonds. The van der Waals surface area contributed by atoms with Gasteiger partial charge in [0.05, 0.1) is 17.2 Å². The number of ketones is 1. The molecule has 0 heterocycles. The number of nitroso groups, excluding NO2 is 1. The predicted octanol–water partition coefficient (Wildman–Crippen LogP) is 2.27. The molecule has 4 atom stereocenters. The Kier molecular flexibility index (Phi) is 7.94. The molecule has 0 saturated carbocycles. The molecule has 11 heteroatoms. The third-order valence-electron chi connectivity index (χ3n) is 8.56. The number of hydrogen-bond donors (Lipinski definition) is 5. The Bertz CT molecular complexity index is 1350. The molecule has 40 heavy (non-hydrogen) atoms. The molecule has 0 spiro atoms. The van der Waals surface area contributed by atoms with E-state index in [0.717, 1.165) is 25.1 Å². The van der Waals surface area contributed by atoms with E-state index in [-0.39, 0.29) is 40.2 Å². The number of unbranched alkanes of at least 4 members (excludes halogenated alkanes) is 1. The smallest absolute Gasteiger partial charge is 0.252 e. The number of rotatable bonds is 9. The number of anilines is 1. The zero-order valence-electron chi connectivity index (χ0n) is 23.7. The summed E-state index contributed by atoms with van der Waals surface area (Å²) in [6, 6.07) is 0.970. The molecule has 1 aromatic rings. The number of phenols is 1. The Morgan fingerprint density at radius 3 is 2.50 bits per heavy atom. The van der Waals surface area contributed by atoms with E-state index >= 15 is 0 Å². The van der Waals surface area contributed by atoms with Crippen molar-refractivity contribution in [3.8, 4) is 5.75 Å². The molecule has 11 nitrogen and oxygen atoms in total. The number of primary amides is 1. The number of fused-ring (bicyclic) bond motifs is 3. The molecule has 0 radical (unpaired) electrons. The number of nitrogens with two attached hydrogens (primary N) is 1. The first-order chi connectivity index (χ1) is 18.8. The fourth-order valence-electron chi connectivity index (χ4n) is 6.70. The van der Waals surface area contributed by atoms with Crippen molar-refractivity contribution in [3.05, 3.63) is 62.4 Å². The average molecular weight is 554 g/mol. The zero-order chi connectivity index (χ0) is 29.7. The minimum Gasteiger partial charge on any atom is -0.510 e. The van der Waals surface area contributed by atoms with Crippen LogP contribution in [0.2, 0.25) is 0 Å². The predicted molar refractivity (Wildman–Crippen MR) is 152 cm³/mol. The van der Waals surface area contributed by atoms with Crippen LogP contribution in [0.1, 0.15) is 47.7 Å². The number of allylic oxidation sites excluding steroid dienone is 1. The van der Waals surface area contributed by atoms with Gasteiger partial charge in [0.1, 0.15) is 22.8 Å². The van der Waals surface area contributed by atoms with Crippen LogP contribution in [0, 0.1) is 16.7 Å². The lowest BCUT2D eigenvalue weighted by atomic mass is 9.57. The van der Waals surface area contributed by atoms with Crippen LogP contribution in [0.25, 0.3) is 0 Å². The summed E-state index contributed by atoms with van der Waals surface area (Å²) in [4.78, 5) is 42.6. The summed E-state index contributed by atoms with van der Waals surface area (Å²) >= 11 is 0. The van der Waals surface area contributed by atoms with Crippen molar-refractivity contribution in [2.24, 2.45) is 22.7 Å². The second-order valence-electron chi connectivity index (χ2n) is 11.4. The van der Waals surface area contributed by atoms with Gasteiger partial charge in [0.25, 0.3) is 5.91 Å². The number of Topliss-reactive ketones (excluding diaryl/α,β-unsaturated/α-hetero) is 1. The zero-order valence-corrected chi connectivity index (χ0v) is 23.7. The minimum atomic E-state index is -2.23. The monoisotopic (exact) mass is 553 g/mol. The van der Waals surface area contributed by atoms with Gasteiger partial charge in [-0.05, 0) is 68.2 Å². The van der Waals surface area contributed by atoms with Crippen LogP contribution in [0.4, 0.5) is 5.69 Å².